The third-order valence-corrected chi connectivity index (χ3v) is 2.83. The van der Waals surface area contributed by atoms with Crippen molar-refractivity contribution in [1.82, 2.24) is 0 Å². The van der Waals surface area contributed by atoms with Crippen molar-refractivity contribution in [3.63, 3.8) is 0 Å². The first-order valence-corrected chi connectivity index (χ1v) is 4.05. The van der Waals surface area contributed by atoms with Crippen molar-refractivity contribution < 1.29 is 39.9 Å². The maximum Gasteiger partial charge on any atom is 0.431 e. The second-order valence-electron chi connectivity index (χ2n) is 2.87. The van der Waals surface area contributed by atoms with E-state index in [9.17, 15) is 35.1 Å². The van der Waals surface area contributed by atoms with Gasteiger partial charge in [0.05, 0.1) is 0 Å². The summed E-state index contributed by atoms with van der Waals surface area (Å²) < 4.78 is 101. The number of halogens is 10. The number of hydrogen-bond donors (Lipinski definition) is 0. The van der Waals surface area contributed by atoms with Gasteiger partial charge in [-0.25, -0.2) is 4.39 Å². The summed E-state index contributed by atoms with van der Waals surface area (Å²) in [7, 11) is 0. The van der Waals surface area contributed by atoms with Crippen LogP contribution in [0.5, 0.6) is 0 Å². The van der Waals surface area contributed by atoms with Gasteiger partial charge in [0.2, 0.25) is 0 Å². The van der Waals surface area contributed by atoms with Crippen LogP contribution in [-0.2, 0) is 4.74 Å². The molecule has 0 bridgehead atoms. The SMILES string of the molecule is FC(F)(F)C1(C(F)(F)F)OC(F)(Cl)C1(F)Cl. The van der Waals surface area contributed by atoms with Gasteiger partial charge < -0.3 is 4.74 Å². The van der Waals surface area contributed by atoms with Crippen molar-refractivity contribution in [3.8, 4) is 0 Å². The van der Waals surface area contributed by atoms with Crippen LogP contribution in [0.2, 0.25) is 0 Å². The van der Waals surface area contributed by atoms with Gasteiger partial charge in [0, 0.05) is 0 Å². The molecular weight excluding hydrogens is 299 g/mol. The summed E-state index contributed by atoms with van der Waals surface area (Å²) in [6.45, 7) is 0. The fourth-order valence-electron chi connectivity index (χ4n) is 1.11. The first kappa shape index (κ1) is 14.0. The van der Waals surface area contributed by atoms with Crippen LogP contribution in [0, 0.1) is 0 Å². The van der Waals surface area contributed by atoms with E-state index in [0.717, 1.165) is 0 Å². The number of rotatable bonds is 0. The van der Waals surface area contributed by atoms with E-state index in [1.165, 1.54) is 0 Å². The van der Waals surface area contributed by atoms with Crippen molar-refractivity contribution in [1.29, 1.82) is 0 Å². The predicted octanol–water partition coefficient (Wildman–Crippen LogP) is 3.65. The topological polar surface area (TPSA) is 9.23 Å². The van der Waals surface area contributed by atoms with Crippen molar-refractivity contribution >= 4 is 23.2 Å². The van der Waals surface area contributed by atoms with Crippen molar-refractivity contribution in [3.05, 3.63) is 0 Å². The first-order chi connectivity index (χ1) is 6.71. The Bertz CT molecular complexity index is 291. The molecule has 1 fully saturated rings. The summed E-state index contributed by atoms with van der Waals surface area (Å²) >= 11 is 8.55. The van der Waals surface area contributed by atoms with Crippen molar-refractivity contribution in [2.45, 2.75) is 28.4 Å². The van der Waals surface area contributed by atoms with Crippen LogP contribution in [0.3, 0.4) is 0 Å². The molecule has 0 amide bonds. The van der Waals surface area contributed by atoms with E-state index in [4.69, 9.17) is 0 Å². The Morgan fingerprint density at radius 3 is 1.19 bits per heavy atom. The molecule has 96 valence electrons. The summed E-state index contributed by atoms with van der Waals surface area (Å²) in [6, 6.07) is 0. The van der Waals surface area contributed by atoms with Gasteiger partial charge in [-0.15, -0.1) is 0 Å². The summed E-state index contributed by atoms with van der Waals surface area (Å²) in [5.41, 5.74) is -5.48. The highest BCUT2D eigenvalue weighted by Crippen LogP contribution is 2.69. The average molecular weight is 299 g/mol. The molecule has 1 rings (SSSR count). The summed E-state index contributed by atoms with van der Waals surface area (Å²) in [6.07, 6.45) is -12.6. The maximum atomic E-state index is 13.0. The van der Waals surface area contributed by atoms with Gasteiger partial charge in [-0.2, -0.15) is 30.7 Å². The highest BCUT2D eigenvalue weighted by Gasteiger charge is 2.97. The molecular formula is C5Cl2F8O. The Hall–Kier alpha value is -0.0200. The molecule has 0 radical (unpaired) electrons. The molecule has 0 aromatic rings. The molecule has 1 aliphatic rings. The van der Waals surface area contributed by atoms with Gasteiger partial charge in [0.25, 0.3) is 0 Å². The zero-order valence-electron chi connectivity index (χ0n) is 6.69. The zero-order chi connectivity index (χ0) is 13.2. The monoisotopic (exact) mass is 298 g/mol. The van der Waals surface area contributed by atoms with Gasteiger partial charge in [-0.1, -0.05) is 11.6 Å². The molecule has 2 unspecified atom stereocenters. The Balaban J connectivity index is 3.35. The van der Waals surface area contributed by atoms with Crippen LogP contribution in [0.1, 0.15) is 0 Å². The van der Waals surface area contributed by atoms with Crippen LogP contribution in [0.15, 0.2) is 0 Å². The number of ether oxygens (including phenoxy) is 1. The quantitative estimate of drug-likeness (QED) is 0.490. The van der Waals surface area contributed by atoms with Crippen LogP contribution in [0.4, 0.5) is 35.1 Å². The fraction of sp³-hybridized carbons (Fsp3) is 1.00. The van der Waals surface area contributed by atoms with Crippen LogP contribution in [0.25, 0.3) is 0 Å². The Labute approximate surface area is 92.2 Å². The zero-order valence-corrected chi connectivity index (χ0v) is 8.20. The van der Waals surface area contributed by atoms with E-state index in [1.807, 2.05) is 0 Å². The minimum atomic E-state index is -6.31. The molecule has 1 nitrogen and oxygen atoms in total. The minimum Gasteiger partial charge on any atom is -0.301 e. The van der Waals surface area contributed by atoms with Gasteiger partial charge in [-0.3, -0.25) is 0 Å². The lowest BCUT2D eigenvalue weighted by atomic mass is 9.89. The predicted molar refractivity (Wildman–Crippen MR) is 35.3 cm³/mol. The number of alkyl halides is 10. The van der Waals surface area contributed by atoms with Crippen LogP contribution < -0.4 is 0 Å². The molecule has 0 aliphatic carbocycles. The lowest BCUT2D eigenvalue weighted by Gasteiger charge is -2.55. The molecule has 0 spiro atoms. The minimum absolute atomic E-state index is 2.80. The molecule has 0 N–H and O–H groups in total. The molecule has 1 aliphatic heterocycles. The molecule has 0 aromatic heterocycles. The summed E-state index contributed by atoms with van der Waals surface area (Å²) in [5, 5.41) is -9.41. The van der Waals surface area contributed by atoms with Crippen molar-refractivity contribution in [2.24, 2.45) is 0 Å². The lowest BCUT2D eigenvalue weighted by Crippen LogP contribution is -2.83. The second-order valence-corrected chi connectivity index (χ2v) is 3.88. The average Bonchev–Trinajstić information content (AvgIpc) is 1.94. The van der Waals surface area contributed by atoms with Gasteiger partial charge in [0.15, 0.2) is 0 Å². The Kier molecular flexibility index (Phi) is 2.68. The van der Waals surface area contributed by atoms with Gasteiger partial charge in [0.1, 0.15) is 0 Å². The highest BCUT2D eigenvalue weighted by atomic mass is 35.5. The molecule has 2 atom stereocenters. The van der Waals surface area contributed by atoms with Crippen LogP contribution >= 0.6 is 23.2 Å². The molecule has 16 heavy (non-hydrogen) atoms. The standard InChI is InChI=1S/C5Cl2F8O/c6-2(8)1(4(10,11)12,5(13,14)15)16-3(2,7)9. The summed E-state index contributed by atoms with van der Waals surface area (Å²) in [4.78, 5) is 0. The number of hydrogen-bond acceptors (Lipinski definition) is 1. The third-order valence-electron chi connectivity index (χ3n) is 1.89. The smallest absolute Gasteiger partial charge is 0.301 e. The van der Waals surface area contributed by atoms with Crippen molar-refractivity contribution in [2.75, 3.05) is 0 Å². The van der Waals surface area contributed by atoms with E-state index in [-0.39, 0.29) is 0 Å². The summed E-state index contributed by atoms with van der Waals surface area (Å²) in [5.74, 6) is 0. The van der Waals surface area contributed by atoms with Gasteiger partial charge >= 0.3 is 28.4 Å². The fourth-order valence-corrected chi connectivity index (χ4v) is 1.65. The Morgan fingerprint density at radius 1 is 0.812 bits per heavy atom. The van der Waals surface area contributed by atoms with E-state index in [2.05, 4.69) is 27.9 Å². The van der Waals surface area contributed by atoms with Crippen LogP contribution in [-0.4, -0.2) is 28.4 Å². The molecule has 0 saturated carbocycles. The second kappa shape index (κ2) is 3.05. The van der Waals surface area contributed by atoms with E-state index < -0.39 is 28.4 Å². The van der Waals surface area contributed by atoms with Gasteiger partial charge in [-0.05, 0) is 11.6 Å². The highest BCUT2D eigenvalue weighted by molar-refractivity contribution is 6.34. The largest absolute Gasteiger partial charge is 0.431 e. The first-order valence-electron chi connectivity index (χ1n) is 3.30. The van der Waals surface area contributed by atoms with E-state index in [0.29, 0.717) is 0 Å². The Morgan fingerprint density at radius 2 is 1.12 bits per heavy atom. The molecule has 11 heteroatoms. The lowest BCUT2D eigenvalue weighted by molar-refractivity contribution is -0.504. The molecule has 0 aromatic carbocycles. The third kappa shape index (κ3) is 1.34. The molecule has 1 saturated heterocycles. The maximum absolute atomic E-state index is 13.0. The molecule has 1 heterocycles. The van der Waals surface area contributed by atoms with E-state index in [1.54, 1.807) is 0 Å². The normalized spacial score (nSPS) is 39.4. The van der Waals surface area contributed by atoms with E-state index >= 15 is 0 Å².